The van der Waals surface area contributed by atoms with Crippen LogP contribution in [0.25, 0.3) is 0 Å². The monoisotopic (exact) mass is 199 g/mol. The van der Waals surface area contributed by atoms with Crippen LogP contribution >= 0.6 is 0 Å². The van der Waals surface area contributed by atoms with Crippen molar-refractivity contribution in [3.05, 3.63) is 12.3 Å². The molecular weight excluding hydrogens is 186 g/mol. The predicted octanol–water partition coefficient (Wildman–Crippen LogP) is 1.29. The molecule has 0 aliphatic heterocycles. The Hall–Kier alpha value is -1.56. The zero-order valence-electron chi connectivity index (χ0n) is 8.35. The van der Waals surface area contributed by atoms with E-state index in [0.29, 0.717) is 0 Å². The van der Waals surface area contributed by atoms with Gasteiger partial charge in [-0.05, 0) is 20.8 Å². The fraction of sp³-hybridized carbons (Fsp3) is 0.500. The third kappa shape index (κ3) is 2.74. The summed E-state index contributed by atoms with van der Waals surface area (Å²) in [6.45, 7) is 5.25. The Morgan fingerprint density at radius 1 is 1.64 bits per heavy atom. The summed E-state index contributed by atoms with van der Waals surface area (Å²) >= 11 is 0. The van der Waals surface area contributed by atoms with E-state index in [2.05, 4.69) is 9.68 Å². The van der Waals surface area contributed by atoms with Crippen LogP contribution in [0.2, 0.25) is 0 Å². The first-order valence-electron chi connectivity index (χ1n) is 4.08. The van der Waals surface area contributed by atoms with Crippen LogP contribution in [0.4, 0.5) is 10.6 Å². The van der Waals surface area contributed by atoms with E-state index in [4.69, 9.17) is 10.6 Å². The molecule has 0 spiro atoms. The number of nitrogens with zero attached hydrogens (tertiary/aromatic N) is 2. The van der Waals surface area contributed by atoms with Gasteiger partial charge < -0.3 is 9.26 Å². The molecule has 14 heavy (non-hydrogen) atoms. The van der Waals surface area contributed by atoms with E-state index in [1.807, 2.05) is 0 Å². The Labute approximate surface area is 81.6 Å². The molecule has 0 bridgehead atoms. The highest BCUT2D eigenvalue weighted by molar-refractivity contribution is 5.84. The summed E-state index contributed by atoms with van der Waals surface area (Å²) in [6.07, 6.45) is 0.644. The van der Waals surface area contributed by atoms with Gasteiger partial charge >= 0.3 is 6.09 Å². The molecule has 0 aliphatic rings. The van der Waals surface area contributed by atoms with Crippen LogP contribution in [0.15, 0.2) is 16.9 Å². The van der Waals surface area contributed by atoms with Gasteiger partial charge in [-0.3, -0.25) is 0 Å². The lowest BCUT2D eigenvalue weighted by Gasteiger charge is -2.22. The third-order valence-corrected chi connectivity index (χ3v) is 1.26. The van der Waals surface area contributed by atoms with E-state index in [1.54, 1.807) is 20.8 Å². The normalized spacial score (nSPS) is 11.1. The molecule has 1 amide bonds. The van der Waals surface area contributed by atoms with Gasteiger partial charge in [0.1, 0.15) is 11.9 Å². The number of hydrazine groups is 1. The van der Waals surface area contributed by atoms with Gasteiger partial charge in [-0.1, -0.05) is 5.16 Å². The van der Waals surface area contributed by atoms with Crippen LogP contribution in [0.1, 0.15) is 20.8 Å². The number of carbonyl (C=O) groups excluding carboxylic acids is 1. The van der Waals surface area contributed by atoms with Gasteiger partial charge in [-0.15, -0.1) is 0 Å². The minimum absolute atomic E-state index is 0.208. The van der Waals surface area contributed by atoms with Crippen molar-refractivity contribution in [2.45, 2.75) is 26.4 Å². The van der Waals surface area contributed by atoms with Crippen molar-refractivity contribution in [2.75, 3.05) is 5.01 Å². The van der Waals surface area contributed by atoms with Crippen molar-refractivity contribution >= 4 is 11.9 Å². The van der Waals surface area contributed by atoms with Crippen LogP contribution in [-0.4, -0.2) is 16.9 Å². The molecule has 0 fully saturated rings. The van der Waals surface area contributed by atoms with Gasteiger partial charge in [-0.25, -0.2) is 10.6 Å². The Morgan fingerprint density at radius 3 is 2.71 bits per heavy atom. The van der Waals surface area contributed by atoms with Gasteiger partial charge in [0, 0.05) is 6.07 Å². The van der Waals surface area contributed by atoms with Crippen molar-refractivity contribution < 1.29 is 14.1 Å². The molecule has 0 atom stereocenters. The Kier molecular flexibility index (Phi) is 2.76. The van der Waals surface area contributed by atoms with Crippen LogP contribution in [0, 0.1) is 0 Å². The molecule has 1 heterocycles. The summed E-state index contributed by atoms with van der Waals surface area (Å²) in [4.78, 5) is 11.4. The number of hydrogen-bond donors (Lipinski definition) is 1. The topological polar surface area (TPSA) is 81.6 Å². The Balaban J connectivity index is 2.63. The average Bonchev–Trinajstić information content (AvgIpc) is 2.51. The highest BCUT2D eigenvalue weighted by atomic mass is 16.6. The first-order valence-corrected chi connectivity index (χ1v) is 4.08. The maximum absolute atomic E-state index is 11.4. The van der Waals surface area contributed by atoms with E-state index in [-0.39, 0.29) is 5.82 Å². The number of aromatic nitrogens is 1. The van der Waals surface area contributed by atoms with Crippen LogP contribution in [0.5, 0.6) is 0 Å². The van der Waals surface area contributed by atoms with Gasteiger partial charge in [0.25, 0.3) is 0 Å². The zero-order valence-corrected chi connectivity index (χ0v) is 8.35. The lowest BCUT2D eigenvalue weighted by Crippen LogP contribution is -2.41. The lowest BCUT2D eigenvalue weighted by molar-refractivity contribution is 0.0578. The molecule has 78 valence electrons. The van der Waals surface area contributed by atoms with E-state index in [1.165, 1.54) is 12.3 Å². The fourth-order valence-corrected chi connectivity index (χ4v) is 0.735. The first-order chi connectivity index (χ1) is 6.40. The summed E-state index contributed by atoms with van der Waals surface area (Å²) < 4.78 is 9.54. The molecule has 0 saturated carbocycles. The third-order valence-electron chi connectivity index (χ3n) is 1.26. The average molecular weight is 199 g/mol. The summed E-state index contributed by atoms with van der Waals surface area (Å²) in [5.74, 6) is 5.63. The van der Waals surface area contributed by atoms with Gasteiger partial charge in [-0.2, -0.15) is 5.01 Å². The van der Waals surface area contributed by atoms with Crippen molar-refractivity contribution in [3.63, 3.8) is 0 Å². The zero-order chi connectivity index (χ0) is 10.8. The molecule has 0 saturated heterocycles. The number of anilines is 1. The number of nitrogens with two attached hydrogens (primary N) is 1. The van der Waals surface area contributed by atoms with Crippen molar-refractivity contribution in [1.82, 2.24) is 5.16 Å². The van der Waals surface area contributed by atoms with Crippen molar-refractivity contribution in [1.29, 1.82) is 0 Å². The smallest absolute Gasteiger partial charge is 0.430 e. The molecule has 6 nitrogen and oxygen atoms in total. The molecule has 0 aliphatic carbocycles. The standard InChI is InChI=1S/C8H13N3O3/c1-8(2,3)14-7(12)11(9)6-4-5-13-10-6/h4-5H,9H2,1-3H3. The van der Waals surface area contributed by atoms with Crippen LogP contribution < -0.4 is 10.9 Å². The number of carbonyl (C=O) groups is 1. The fourth-order valence-electron chi connectivity index (χ4n) is 0.735. The van der Waals surface area contributed by atoms with Crippen LogP contribution in [-0.2, 0) is 4.74 Å². The molecule has 0 aromatic carbocycles. The van der Waals surface area contributed by atoms with Crippen molar-refractivity contribution in [2.24, 2.45) is 5.84 Å². The summed E-state index contributed by atoms with van der Waals surface area (Å²) in [5.41, 5.74) is -0.585. The first kappa shape index (κ1) is 10.5. The van der Waals surface area contributed by atoms with Gasteiger partial charge in [0.05, 0.1) is 0 Å². The van der Waals surface area contributed by atoms with E-state index < -0.39 is 11.7 Å². The largest absolute Gasteiger partial charge is 0.442 e. The molecule has 0 unspecified atom stereocenters. The molecule has 1 aromatic heterocycles. The highest BCUT2D eigenvalue weighted by Gasteiger charge is 2.22. The predicted molar refractivity (Wildman–Crippen MR) is 49.4 cm³/mol. The SMILES string of the molecule is CC(C)(C)OC(=O)N(N)c1ccon1. The number of rotatable bonds is 1. The lowest BCUT2D eigenvalue weighted by atomic mass is 10.2. The molecule has 1 aromatic rings. The molecule has 1 rings (SSSR count). The number of ether oxygens (including phenoxy) is 1. The second-order valence-electron chi connectivity index (χ2n) is 3.71. The van der Waals surface area contributed by atoms with E-state index in [0.717, 1.165) is 5.01 Å². The minimum atomic E-state index is -0.675. The van der Waals surface area contributed by atoms with Crippen molar-refractivity contribution in [3.8, 4) is 0 Å². The number of hydrogen-bond acceptors (Lipinski definition) is 5. The van der Waals surface area contributed by atoms with E-state index >= 15 is 0 Å². The maximum atomic E-state index is 11.4. The quantitative estimate of drug-likeness (QED) is 0.418. The molecule has 2 N–H and O–H groups in total. The van der Waals surface area contributed by atoms with E-state index in [9.17, 15) is 4.79 Å². The second-order valence-corrected chi connectivity index (χ2v) is 3.71. The minimum Gasteiger partial charge on any atom is -0.442 e. The molecule has 6 heteroatoms. The summed E-state index contributed by atoms with van der Waals surface area (Å²) in [5, 5.41) is 4.28. The van der Waals surface area contributed by atoms with Gasteiger partial charge in [0.15, 0.2) is 5.82 Å². The Morgan fingerprint density at radius 2 is 2.29 bits per heavy atom. The summed E-state index contributed by atoms with van der Waals surface area (Å²) in [6, 6.07) is 1.46. The maximum Gasteiger partial charge on any atom is 0.430 e. The number of amides is 1. The van der Waals surface area contributed by atoms with Crippen LogP contribution in [0.3, 0.4) is 0 Å². The summed E-state index contributed by atoms with van der Waals surface area (Å²) in [7, 11) is 0. The highest BCUT2D eigenvalue weighted by Crippen LogP contribution is 2.12. The molecular formula is C8H13N3O3. The molecule has 0 radical (unpaired) electrons. The second kappa shape index (κ2) is 3.67. The Bertz CT molecular complexity index is 302. The van der Waals surface area contributed by atoms with Gasteiger partial charge in [0.2, 0.25) is 0 Å².